The van der Waals surface area contributed by atoms with Crippen LogP contribution in [0, 0.1) is 0 Å². The summed E-state index contributed by atoms with van der Waals surface area (Å²) in [5.41, 5.74) is 0. The van der Waals surface area contributed by atoms with Crippen molar-refractivity contribution in [3.63, 3.8) is 0 Å². The molecule has 1 rings (SSSR count). The molecular formula is C61H103NO8. The smallest absolute Gasteiger partial charge is 0.220 e. The lowest BCUT2D eigenvalue weighted by Crippen LogP contribution is -2.60. The summed E-state index contributed by atoms with van der Waals surface area (Å²) >= 11 is 0. The molecule has 1 heterocycles. The van der Waals surface area contributed by atoms with Crippen LogP contribution in [0.25, 0.3) is 0 Å². The molecule has 0 aromatic rings. The molecule has 400 valence electrons. The highest BCUT2D eigenvalue weighted by Gasteiger charge is 2.44. The van der Waals surface area contributed by atoms with E-state index in [2.05, 4.69) is 116 Å². The third-order valence-corrected chi connectivity index (χ3v) is 12.6. The molecule has 1 aliphatic rings. The van der Waals surface area contributed by atoms with Gasteiger partial charge in [0.05, 0.1) is 25.4 Å². The van der Waals surface area contributed by atoms with Crippen molar-refractivity contribution >= 4 is 5.91 Å². The van der Waals surface area contributed by atoms with E-state index in [0.717, 1.165) is 116 Å². The predicted molar refractivity (Wildman–Crippen MR) is 294 cm³/mol. The Morgan fingerprint density at radius 3 is 1.31 bits per heavy atom. The van der Waals surface area contributed by atoms with E-state index in [1.165, 1.54) is 77.0 Å². The van der Waals surface area contributed by atoms with E-state index in [-0.39, 0.29) is 12.5 Å². The molecule has 9 heteroatoms. The molecule has 70 heavy (non-hydrogen) atoms. The Hall–Kier alpha value is -3.15. The molecule has 0 spiro atoms. The molecule has 0 radical (unpaired) electrons. The number of ether oxygens (including phenoxy) is 2. The average molecular weight is 978 g/mol. The number of unbranched alkanes of at least 4 members (excludes halogenated alkanes) is 20. The number of aliphatic hydroxyl groups is 5. The Bertz CT molecular complexity index is 1460. The van der Waals surface area contributed by atoms with Crippen molar-refractivity contribution in [3.8, 4) is 0 Å². The van der Waals surface area contributed by atoms with Crippen molar-refractivity contribution in [1.82, 2.24) is 5.32 Å². The topological polar surface area (TPSA) is 149 Å². The second-order valence-electron chi connectivity index (χ2n) is 19.0. The lowest BCUT2D eigenvalue weighted by Gasteiger charge is -2.40. The minimum absolute atomic E-state index is 0.196. The van der Waals surface area contributed by atoms with Gasteiger partial charge in [0, 0.05) is 6.42 Å². The van der Waals surface area contributed by atoms with Gasteiger partial charge in [-0.1, -0.05) is 232 Å². The first kappa shape index (κ1) is 64.9. The van der Waals surface area contributed by atoms with Crippen molar-refractivity contribution < 1.29 is 39.8 Å². The molecule has 7 atom stereocenters. The van der Waals surface area contributed by atoms with Gasteiger partial charge in [-0.3, -0.25) is 4.79 Å². The zero-order valence-corrected chi connectivity index (χ0v) is 44.2. The molecule has 6 N–H and O–H groups in total. The molecular weight excluding hydrogens is 875 g/mol. The van der Waals surface area contributed by atoms with Crippen LogP contribution < -0.4 is 5.32 Å². The molecule has 1 saturated heterocycles. The van der Waals surface area contributed by atoms with Gasteiger partial charge in [0.2, 0.25) is 5.91 Å². The van der Waals surface area contributed by atoms with E-state index in [0.29, 0.717) is 6.42 Å². The highest BCUT2D eigenvalue weighted by molar-refractivity contribution is 5.76. The summed E-state index contributed by atoms with van der Waals surface area (Å²) in [6.07, 6.45) is 65.6. The van der Waals surface area contributed by atoms with Crippen LogP contribution in [-0.4, -0.2) is 87.5 Å². The summed E-state index contributed by atoms with van der Waals surface area (Å²) in [4.78, 5) is 13.0. The number of amides is 1. The quantitative estimate of drug-likeness (QED) is 0.0261. The molecule has 1 aliphatic heterocycles. The largest absolute Gasteiger partial charge is 0.394 e. The molecule has 7 unspecified atom stereocenters. The molecule has 0 bridgehead atoms. The van der Waals surface area contributed by atoms with Crippen LogP contribution >= 0.6 is 0 Å². The van der Waals surface area contributed by atoms with Crippen LogP contribution in [0.1, 0.15) is 213 Å². The number of allylic oxidation sites excluding steroid dienone is 17. The van der Waals surface area contributed by atoms with Crippen molar-refractivity contribution in [2.24, 2.45) is 0 Å². The fraction of sp³-hybridized carbons (Fsp3) is 0.689. The van der Waals surface area contributed by atoms with E-state index in [1.807, 2.05) is 6.08 Å². The summed E-state index contributed by atoms with van der Waals surface area (Å²) in [6, 6.07) is -0.821. The second kappa shape index (κ2) is 49.4. The summed E-state index contributed by atoms with van der Waals surface area (Å²) in [5, 5.41) is 54.4. The normalized spacial score (nSPS) is 20.2. The van der Waals surface area contributed by atoms with Crippen LogP contribution in [-0.2, 0) is 14.3 Å². The lowest BCUT2D eigenvalue weighted by atomic mass is 9.99. The zero-order valence-electron chi connectivity index (χ0n) is 44.2. The van der Waals surface area contributed by atoms with Crippen molar-refractivity contribution in [2.75, 3.05) is 13.2 Å². The monoisotopic (exact) mass is 978 g/mol. The number of aliphatic hydroxyl groups excluding tert-OH is 5. The molecule has 1 amide bonds. The number of carbonyl (C=O) groups excluding carboxylic acids is 1. The van der Waals surface area contributed by atoms with Crippen molar-refractivity contribution in [2.45, 2.75) is 256 Å². The van der Waals surface area contributed by atoms with Gasteiger partial charge in [0.15, 0.2) is 6.29 Å². The number of hydrogen-bond acceptors (Lipinski definition) is 8. The lowest BCUT2D eigenvalue weighted by molar-refractivity contribution is -0.302. The maximum absolute atomic E-state index is 13.0. The van der Waals surface area contributed by atoms with E-state index >= 15 is 0 Å². The summed E-state index contributed by atoms with van der Waals surface area (Å²) in [6.45, 7) is 3.65. The van der Waals surface area contributed by atoms with Gasteiger partial charge < -0.3 is 40.3 Å². The van der Waals surface area contributed by atoms with Crippen LogP contribution in [0.3, 0.4) is 0 Å². The second-order valence-corrected chi connectivity index (χ2v) is 19.0. The minimum atomic E-state index is -1.58. The maximum Gasteiger partial charge on any atom is 0.220 e. The average Bonchev–Trinajstić information content (AvgIpc) is 3.36. The van der Waals surface area contributed by atoms with E-state index in [9.17, 15) is 30.3 Å². The standard InChI is InChI=1S/C61H103NO8/c1-3-5-7-9-11-13-15-17-19-21-22-23-24-25-26-27-28-29-30-31-32-33-34-35-37-39-41-43-45-47-49-51-57(65)62-54(53-69-61-60(68)59(67)58(66)56(52-63)70-61)55(64)50-48-46-44-42-40-38-36-20-18-16-14-12-10-8-6-4-2/h5,7,11,13,17,19,22-23,25-26,28-29,31-32,34-35,48,50,54-56,58-61,63-64,66-68H,3-4,6,8-10,12,14-16,18,20-21,24,27,30,33,36-47,49,51-53H2,1-2H3,(H,62,65)/b7-5-,13-11-,19-17-,23-22-,26-25-,29-28-,32-31-,35-34-,50-48+. The van der Waals surface area contributed by atoms with Gasteiger partial charge >= 0.3 is 0 Å². The number of nitrogens with one attached hydrogen (secondary N) is 1. The first-order chi connectivity index (χ1) is 34.3. The molecule has 0 aromatic heterocycles. The van der Waals surface area contributed by atoms with E-state index in [1.54, 1.807) is 6.08 Å². The van der Waals surface area contributed by atoms with Gasteiger partial charge in [0.25, 0.3) is 0 Å². The molecule has 0 aliphatic carbocycles. The minimum Gasteiger partial charge on any atom is -0.394 e. The summed E-state index contributed by atoms with van der Waals surface area (Å²) < 4.78 is 11.2. The van der Waals surface area contributed by atoms with Gasteiger partial charge in [-0.25, -0.2) is 0 Å². The van der Waals surface area contributed by atoms with Gasteiger partial charge in [-0.05, 0) is 83.5 Å². The first-order valence-electron chi connectivity index (χ1n) is 28.1. The van der Waals surface area contributed by atoms with Crippen LogP contribution in [0.4, 0.5) is 0 Å². The number of carbonyl (C=O) groups is 1. The molecule has 1 fully saturated rings. The van der Waals surface area contributed by atoms with Gasteiger partial charge in [0.1, 0.15) is 24.4 Å². The predicted octanol–water partition coefficient (Wildman–Crippen LogP) is 13.8. The Morgan fingerprint density at radius 1 is 0.500 bits per heavy atom. The third-order valence-electron chi connectivity index (χ3n) is 12.6. The fourth-order valence-corrected chi connectivity index (χ4v) is 8.17. The SMILES string of the molecule is CC/C=C\C/C=C\C/C=C\C/C=C\C/C=C\C/C=C\C/C=C\C/C=C\CCCCCCCCC(=O)NC(COC1OC(CO)C(O)C(O)C1O)C(O)/C=C/CCCCCCCCCCCCCCCC. The number of hydrogen-bond donors (Lipinski definition) is 6. The van der Waals surface area contributed by atoms with Crippen LogP contribution in [0.5, 0.6) is 0 Å². The Kier molecular flexibility index (Phi) is 45.8. The molecule has 9 nitrogen and oxygen atoms in total. The van der Waals surface area contributed by atoms with Crippen molar-refractivity contribution in [1.29, 1.82) is 0 Å². The Balaban J connectivity index is 2.26. The summed E-state index contributed by atoms with van der Waals surface area (Å²) in [5.74, 6) is -0.196. The van der Waals surface area contributed by atoms with Crippen LogP contribution in [0.2, 0.25) is 0 Å². The maximum atomic E-state index is 13.0. The fourth-order valence-electron chi connectivity index (χ4n) is 8.17. The Morgan fingerprint density at radius 2 is 0.886 bits per heavy atom. The first-order valence-corrected chi connectivity index (χ1v) is 28.1. The third kappa shape index (κ3) is 38.5. The van der Waals surface area contributed by atoms with E-state index in [4.69, 9.17) is 9.47 Å². The number of rotatable bonds is 46. The highest BCUT2D eigenvalue weighted by atomic mass is 16.7. The van der Waals surface area contributed by atoms with Crippen LogP contribution in [0.15, 0.2) is 109 Å². The Labute approximate surface area is 427 Å². The van der Waals surface area contributed by atoms with Gasteiger partial charge in [-0.2, -0.15) is 0 Å². The highest BCUT2D eigenvalue weighted by Crippen LogP contribution is 2.23. The zero-order chi connectivity index (χ0) is 50.8. The van der Waals surface area contributed by atoms with E-state index < -0.39 is 49.5 Å². The van der Waals surface area contributed by atoms with Crippen molar-refractivity contribution in [3.05, 3.63) is 109 Å². The van der Waals surface area contributed by atoms with Gasteiger partial charge in [-0.15, -0.1) is 0 Å². The molecule has 0 saturated carbocycles. The molecule has 0 aromatic carbocycles. The summed E-state index contributed by atoms with van der Waals surface area (Å²) in [7, 11) is 0.